The van der Waals surface area contributed by atoms with E-state index in [-0.39, 0.29) is 6.04 Å². The topological polar surface area (TPSA) is 40.5 Å². The molecule has 1 saturated heterocycles. The fourth-order valence-electron chi connectivity index (χ4n) is 3.77. The van der Waals surface area contributed by atoms with Crippen molar-refractivity contribution in [3.63, 3.8) is 0 Å². The molecule has 0 amide bonds. The number of halogens is 1. The van der Waals surface area contributed by atoms with Crippen LogP contribution in [0.2, 0.25) is 5.02 Å². The van der Waals surface area contributed by atoms with E-state index in [1.807, 2.05) is 36.4 Å². The highest BCUT2D eigenvalue weighted by molar-refractivity contribution is 7.17. The van der Waals surface area contributed by atoms with E-state index >= 15 is 0 Å². The van der Waals surface area contributed by atoms with Gasteiger partial charge in [0.1, 0.15) is 6.04 Å². The number of aliphatic carboxylic acids is 1. The first-order chi connectivity index (χ1) is 12.1. The molecule has 2 aromatic carbocycles. The van der Waals surface area contributed by atoms with Gasteiger partial charge in [0.05, 0.1) is 6.04 Å². The molecule has 1 N–H and O–H groups in total. The highest BCUT2D eigenvalue weighted by atomic mass is 35.5. The van der Waals surface area contributed by atoms with Crippen LogP contribution in [0, 0.1) is 0 Å². The summed E-state index contributed by atoms with van der Waals surface area (Å²) in [5.74, 6) is -0.740. The summed E-state index contributed by atoms with van der Waals surface area (Å²) >= 11 is 7.78. The molecule has 128 valence electrons. The maximum absolute atomic E-state index is 11.8. The Morgan fingerprint density at radius 1 is 1.20 bits per heavy atom. The van der Waals surface area contributed by atoms with Crippen molar-refractivity contribution in [2.24, 2.45) is 0 Å². The summed E-state index contributed by atoms with van der Waals surface area (Å²) in [5.41, 5.74) is 2.26. The quantitative estimate of drug-likeness (QED) is 0.685. The number of rotatable bonds is 4. The van der Waals surface area contributed by atoms with Crippen LogP contribution in [-0.4, -0.2) is 28.6 Å². The second-order valence-electron chi connectivity index (χ2n) is 6.38. The molecule has 0 bridgehead atoms. The fourth-order valence-corrected chi connectivity index (χ4v) is 4.87. The number of thiophene rings is 1. The molecule has 1 aromatic heterocycles. The van der Waals surface area contributed by atoms with Crippen LogP contribution < -0.4 is 0 Å². The highest BCUT2D eigenvalue weighted by Crippen LogP contribution is 2.40. The summed E-state index contributed by atoms with van der Waals surface area (Å²) in [6.07, 6.45) is 1.60. The van der Waals surface area contributed by atoms with Gasteiger partial charge in [0.25, 0.3) is 0 Å². The van der Waals surface area contributed by atoms with Gasteiger partial charge < -0.3 is 5.11 Å². The van der Waals surface area contributed by atoms with E-state index in [1.54, 1.807) is 11.3 Å². The lowest BCUT2D eigenvalue weighted by Crippen LogP contribution is -2.39. The Labute approximate surface area is 155 Å². The molecule has 1 aliphatic heterocycles. The van der Waals surface area contributed by atoms with E-state index in [9.17, 15) is 9.90 Å². The van der Waals surface area contributed by atoms with Crippen LogP contribution >= 0.6 is 22.9 Å². The predicted octanol–water partition coefficient (Wildman–Crippen LogP) is 5.19. The Morgan fingerprint density at radius 3 is 2.72 bits per heavy atom. The molecular weight excluding hydrogens is 354 g/mol. The second-order valence-corrected chi connectivity index (χ2v) is 7.72. The molecule has 0 aliphatic carbocycles. The summed E-state index contributed by atoms with van der Waals surface area (Å²) in [6.45, 7) is 0.786. The molecule has 3 aromatic rings. The van der Waals surface area contributed by atoms with E-state index in [2.05, 4.69) is 22.4 Å². The summed E-state index contributed by atoms with van der Waals surface area (Å²) in [6, 6.07) is 15.6. The average Bonchev–Trinajstić information content (AvgIpc) is 3.25. The van der Waals surface area contributed by atoms with Crippen molar-refractivity contribution >= 4 is 39.0 Å². The Kier molecular flexibility index (Phi) is 4.50. The van der Waals surface area contributed by atoms with Gasteiger partial charge in [0.15, 0.2) is 0 Å². The number of likely N-dealkylation sites (tertiary alicyclic amines) is 1. The van der Waals surface area contributed by atoms with Gasteiger partial charge in [-0.2, -0.15) is 0 Å². The van der Waals surface area contributed by atoms with Crippen LogP contribution in [0.1, 0.15) is 30.0 Å². The number of nitrogens with zero attached hydrogens (tertiary/aromatic N) is 1. The molecule has 1 aliphatic rings. The Hall–Kier alpha value is -1.88. The van der Waals surface area contributed by atoms with Gasteiger partial charge in [0, 0.05) is 16.3 Å². The third-order valence-corrected chi connectivity index (χ3v) is 6.14. The second kappa shape index (κ2) is 6.79. The van der Waals surface area contributed by atoms with Gasteiger partial charge in [-0.3, -0.25) is 9.69 Å². The SMILES string of the molecule is O=C(O)C1CCCN1C(c1ccc(Cl)cc1)c1csc2ccccc12. The molecule has 2 unspecified atom stereocenters. The van der Waals surface area contributed by atoms with Crippen LogP contribution in [0.25, 0.3) is 10.1 Å². The van der Waals surface area contributed by atoms with E-state index < -0.39 is 12.0 Å². The van der Waals surface area contributed by atoms with Crippen molar-refractivity contribution in [1.29, 1.82) is 0 Å². The standard InChI is InChI=1S/C20H18ClNO2S/c21-14-9-7-13(8-10-14)19(22-11-3-5-17(22)20(23)24)16-12-25-18-6-2-1-4-15(16)18/h1-2,4,6-10,12,17,19H,3,5,11H2,(H,23,24). The Morgan fingerprint density at radius 2 is 1.96 bits per heavy atom. The van der Waals surface area contributed by atoms with Crippen molar-refractivity contribution in [3.05, 3.63) is 70.1 Å². The minimum absolute atomic E-state index is 0.0722. The molecule has 0 saturated carbocycles. The smallest absolute Gasteiger partial charge is 0.320 e. The lowest BCUT2D eigenvalue weighted by atomic mass is 9.96. The molecule has 1 fully saturated rings. The molecule has 0 spiro atoms. The van der Waals surface area contributed by atoms with Crippen molar-refractivity contribution < 1.29 is 9.90 Å². The third-order valence-electron chi connectivity index (χ3n) is 4.90. The van der Waals surface area contributed by atoms with Crippen molar-refractivity contribution in [2.75, 3.05) is 6.54 Å². The Balaban J connectivity index is 1.86. The van der Waals surface area contributed by atoms with Crippen molar-refractivity contribution in [3.8, 4) is 0 Å². The number of carboxylic acids is 1. The fraction of sp³-hybridized carbons (Fsp3) is 0.250. The number of carbonyl (C=O) groups is 1. The zero-order valence-electron chi connectivity index (χ0n) is 13.6. The predicted molar refractivity (Wildman–Crippen MR) is 102 cm³/mol. The number of fused-ring (bicyclic) bond motifs is 1. The van der Waals surface area contributed by atoms with Gasteiger partial charge in [0.2, 0.25) is 0 Å². The van der Waals surface area contributed by atoms with Gasteiger partial charge in [-0.25, -0.2) is 0 Å². The zero-order chi connectivity index (χ0) is 17.4. The normalized spacial score (nSPS) is 19.3. The summed E-state index contributed by atoms with van der Waals surface area (Å²) < 4.78 is 1.22. The molecule has 3 nitrogen and oxygen atoms in total. The minimum Gasteiger partial charge on any atom is -0.480 e. The van der Waals surface area contributed by atoms with Gasteiger partial charge in [-0.05, 0) is 52.9 Å². The van der Waals surface area contributed by atoms with Gasteiger partial charge in [-0.15, -0.1) is 11.3 Å². The van der Waals surface area contributed by atoms with Crippen LogP contribution in [0.4, 0.5) is 0 Å². The zero-order valence-corrected chi connectivity index (χ0v) is 15.1. The number of hydrogen-bond donors (Lipinski definition) is 1. The molecule has 25 heavy (non-hydrogen) atoms. The maximum atomic E-state index is 11.8. The molecule has 2 heterocycles. The highest BCUT2D eigenvalue weighted by Gasteiger charge is 2.37. The van der Waals surface area contributed by atoms with Crippen molar-refractivity contribution in [2.45, 2.75) is 24.9 Å². The average molecular weight is 372 g/mol. The third kappa shape index (κ3) is 3.06. The monoisotopic (exact) mass is 371 g/mol. The lowest BCUT2D eigenvalue weighted by molar-refractivity contribution is -0.142. The maximum Gasteiger partial charge on any atom is 0.320 e. The number of carboxylic acid groups (broad SMARTS) is 1. The number of benzene rings is 2. The molecule has 4 rings (SSSR count). The molecule has 0 radical (unpaired) electrons. The van der Waals surface area contributed by atoms with Gasteiger partial charge >= 0.3 is 5.97 Å². The van der Waals surface area contributed by atoms with Crippen LogP contribution in [0.5, 0.6) is 0 Å². The van der Waals surface area contributed by atoms with Crippen LogP contribution in [-0.2, 0) is 4.79 Å². The summed E-state index contributed by atoms with van der Waals surface area (Å²) in [4.78, 5) is 13.9. The van der Waals surface area contributed by atoms with E-state index in [1.165, 1.54) is 15.6 Å². The Bertz CT molecular complexity index is 905. The lowest BCUT2D eigenvalue weighted by Gasteiger charge is -2.31. The van der Waals surface area contributed by atoms with Crippen LogP contribution in [0.3, 0.4) is 0 Å². The molecular formula is C20H18ClNO2S. The first kappa shape index (κ1) is 16.6. The van der Waals surface area contributed by atoms with Crippen LogP contribution in [0.15, 0.2) is 53.9 Å². The molecule has 2 atom stereocenters. The first-order valence-corrected chi connectivity index (χ1v) is 9.61. The van der Waals surface area contributed by atoms with Gasteiger partial charge in [-0.1, -0.05) is 41.9 Å². The first-order valence-electron chi connectivity index (χ1n) is 8.35. The largest absolute Gasteiger partial charge is 0.480 e. The van der Waals surface area contributed by atoms with E-state index in [4.69, 9.17) is 11.6 Å². The number of hydrogen-bond acceptors (Lipinski definition) is 3. The van der Waals surface area contributed by atoms with E-state index in [0.717, 1.165) is 18.5 Å². The van der Waals surface area contributed by atoms with Crippen molar-refractivity contribution in [1.82, 2.24) is 4.90 Å². The minimum atomic E-state index is -0.740. The summed E-state index contributed by atoms with van der Waals surface area (Å²) in [5, 5.41) is 13.7. The summed E-state index contributed by atoms with van der Waals surface area (Å²) in [7, 11) is 0. The molecule has 5 heteroatoms. The van der Waals surface area contributed by atoms with E-state index in [0.29, 0.717) is 11.4 Å².